The quantitative estimate of drug-likeness (QED) is 0.196. The summed E-state index contributed by atoms with van der Waals surface area (Å²) in [6, 6.07) is 2.36. The highest BCUT2D eigenvalue weighted by atomic mass is 32.2. The van der Waals surface area contributed by atoms with Gasteiger partial charge in [-0.05, 0) is 24.4 Å². The number of nitrogens with zero attached hydrogens (tertiary/aromatic N) is 4. The molecule has 0 heterocycles. The van der Waals surface area contributed by atoms with Gasteiger partial charge in [0, 0.05) is 30.1 Å². The van der Waals surface area contributed by atoms with Crippen LogP contribution in [-0.2, 0) is 10.0 Å². The van der Waals surface area contributed by atoms with Crippen molar-refractivity contribution in [3.63, 3.8) is 0 Å². The van der Waals surface area contributed by atoms with Crippen molar-refractivity contribution in [2.75, 3.05) is 13.1 Å². The molecule has 21 heavy (non-hydrogen) atoms. The third kappa shape index (κ3) is 4.99. The van der Waals surface area contributed by atoms with Gasteiger partial charge in [-0.1, -0.05) is 5.11 Å². The zero-order valence-electron chi connectivity index (χ0n) is 10.8. The zero-order chi connectivity index (χ0) is 15.9. The highest BCUT2D eigenvalue weighted by molar-refractivity contribution is 7.89. The molecule has 9 nitrogen and oxygen atoms in total. The number of unbranched alkanes of at least 4 members (excludes halogenated alkanes) is 1. The lowest BCUT2D eigenvalue weighted by Crippen LogP contribution is -2.25. The molecule has 0 aliphatic heterocycles. The molecule has 0 bridgehead atoms. The first kappa shape index (κ1) is 16.8. The summed E-state index contributed by atoms with van der Waals surface area (Å²) in [5.74, 6) is -1.22. The van der Waals surface area contributed by atoms with Crippen molar-refractivity contribution in [3.8, 4) is 0 Å². The van der Waals surface area contributed by atoms with Crippen molar-refractivity contribution in [1.29, 1.82) is 0 Å². The number of nitro groups is 1. The van der Waals surface area contributed by atoms with E-state index in [1.807, 2.05) is 0 Å². The number of nitro benzene ring substituents is 1. The van der Waals surface area contributed by atoms with Gasteiger partial charge in [-0.3, -0.25) is 10.1 Å². The summed E-state index contributed by atoms with van der Waals surface area (Å²) in [5.41, 5.74) is 7.26. The molecule has 1 aromatic rings. The molecule has 0 atom stereocenters. The topological polar surface area (TPSA) is 138 Å². The first-order valence-corrected chi connectivity index (χ1v) is 7.31. The highest BCUT2D eigenvalue weighted by Gasteiger charge is 2.20. The zero-order valence-corrected chi connectivity index (χ0v) is 11.6. The number of hydrogen-bond acceptors (Lipinski definition) is 5. The number of benzene rings is 1. The van der Waals surface area contributed by atoms with Gasteiger partial charge in [0.1, 0.15) is 0 Å². The van der Waals surface area contributed by atoms with Gasteiger partial charge in [0.15, 0.2) is 0 Å². The Morgan fingerprint density at radius 3 is 2.71 bits per heavy atom. The molecule has 0 spiro atoms. The number of halogens is 1. The Morgan fingerprint density at radius 2 is 2.14 bits per heavy atom. The van der Waals surface area contributed by atoms with E-state index in [4.69, 9.17) is 5.53 Å². The molecular formula is C10H12FN5O4S. The summed E-state index contributed by atoms with van der Waals surface area (Å²) < 4.78 is 39.3. The smallest absolute Gasteiger partial charge is 0.258 e. The minimum Gasteiger partial charge on any atom is -0.258 e. The van der Waals surface area contributed by atoms with Crippen LogP contribution in [-0.4, -0.2) is 26.4 Å². The summed E-state index contributed by atoms with van der Waals surface area (Å²) in [5, 5.41) is 13.7. The second-order valence-corrected chi connectivity index (χ2v) is 5.70. The Hall–Kier alpha value is -2.23. The molecule has 0 radical (unpaired) electrons. The third-order valence-corrected chi connectivity index (χ3v) is 3.93. The molecule has 1 rings (SSSR count). The Morgan fingerprint density at radius 1 is 1.43 bits per heavy atom. The molecule has 0 amide bonds. The predicted octanol–water partition coefficient (Wildman–Crippen LogP) is 2.10. The number of hydrogen-bond donors (Lipinski definition) is 1. The molecule has 0 aliphatic rings. The molecule has 0 unspecified atom stereocenters. The molecular weight excluding hydrogens is 305 g/mol. The summed E-state index contributed by atoms with van der Waals surface area (Å²) in [4.78, 5) is 11.7. The lowest BCUT2D eigenvalue weighted by molar-refractivity contribution is -0.387. The molecule has 1 N–H and O–H groups in total. The van der Waals surface area contributed by atoms with Gasteiger partial charge in [-0.2, -0.15) is 4.39 Å². The third-order valence-electron chi connectivity index (χ3n) is 2.47. The van der Waals surface area contributed by atoms with Gasteiger partial charge in [0.25, 0.3) is 0 Å². The Labute approximate surface area is 119 Å². The van der Waals surface area contributed by atoms with E-state index >= 15 is 0 Å². The molecule has 0 aromatic heterocycles. The van der Waals surface area contributed by atoms with E-state index in [9.17, 15) is 22.9 Å². The van der Waals surface area contributed by atoms with Crippen LogP contribution in [0.2, 0.25) is 0 Å². The van der Waals surface area contributed by atoms with Crippen LogP contribution >= 0.6 is 0 Å². The van der Waals surface area contributed by atoms with Gasteiger partial charge in [0.05, 0.1) is 9.82 Å². The van der Waals surface area contributed by atoms with Crippen LogP contribution in [0.15, 0.2) is 28.2 Å². The Bertz CT molecular complexity index is 672. The molecule has 0 aliphatic carbocycles. The minimum absolute atomic E-state index is 0.0852. The molecule has 0 saturated heterocycles. The average Bonchev–Trinajstić information content (AvgIpc) is 2.42. The van der Waals surface area contributed by atoms with Crippen molar-refractivity contribution in [2.24, 2.45) is 5.11 Å². The lowest BCUT2D eigenvalue weighted by atomic mass is 10.3. The van der Waals surface area contributed by atoms with Gasteiger partial charge >= 0.3 is 5.69 Å². The monoisotopic (exact) mass is 317 g/mol. The lowest BCUT2D eigenvalue weighted by Gasteiger charge is -2.06. The van der Waals surface area contributed by atoms with Gasteiger partial charge < -0.3 is 0 Å². The number of rotatable bonds is 8. The van der Waals surface area contributed by atoms with E-state index < -0.39 is 26.5 Å². The molecule has 0 fully saturated rings. The fourth-order valence-electron chi connectivity index (χ4n) is 1.44. The summed E-state index contributed by atoms with van der Waals surface area (Å²) in [7, 11) is -3.93. The van der Waals surface area contributed by atoms with Crippen molar-refractivity contribution < 1.29 is 17.7 Å². The predicted molar refractivity (Wildman–Crippen MR) is 71.5 cm³/mol. The SMILES string of the molecule is [N-]=[N+]=NCCCCNS(=O)(=O)c1ccc([N+](=O)[O-])c(F)c1. The largest absolute Gasteiger partial charge is 0.304 e. The van der Waals surface area contributed by atoms with E-state index in [1.165, 1.54) is 0 Å². The Kier molecular flexibility index (Phi) is 6.03. The minimum atomic E-state index is -3.93. The van der Waals surface area contributed by atoms with Crippen LogP contribution in [0.5, 0.6) is 0 Å². The standard InChI is InChI=1S/C10H12FN5O4S/c11-9-7-8(3-4-10(9)16(17)18)21(19,20)14-6-2-1-5-13-15-12/h3-4,7,14H,1-2,5-6H2. The second kappa shape index (κ2) is 7.53. The fourth-order valence-corrected chi connectivity index (χ4v) is 2.53. The normalized spacial score (nSPS) is 10.9. The maximum atomic E-state index is 13.4. The first-order valence-electron chi connectivity index (χ1n) is 5.83. The van der Waals surface area contributed by atoms with Crippen LogP contribution in [0.25, 0.3) is 10.4 Å². The number of nitrogens with one attached hydrogen (secondary N) is 1. The van der Waals surface area contributed by atoms with Gasteiger partial charge in [-0.15, -0.1) is 0 Å². The van der Waals surface area contributed by atoms with Crippen LogP contribution in [0.3, 0.4) is 0 Å². The maximum absolute atomic E-state index is 13.4. The first-order chi connectivity index (χ1) is 9.88. The van der Waals surface area contributed by atoms with E-state index in [0.29, 0.717) is 18.9 Å². The molecule has 0 saturated carbocycles. The van der Waals surface area contributed by atoms with Gasteiger partial charge in [0.2, 0.25) is 15.8 Å². The maximum Gasteiger partial charge on any atom is 0.304 e. The molecule has 114 valence electrons. The van der Waals surface area contributed by atoms with Crippen LogP contribution < -0.4 is 4.72 Å². The fraction of sp³-hybridized carbons (Fsp3) is 0.400. The van der Waals surface area contributed by atoms with E-state index in [1.54, 1.807) is 0 Å². The van der Waals surface area contributed by atoms with Gasteiger partial charge in [-0.25, -0.2) is 13.1 Å². The molecule has 1 aromatic carbocycles. The van der Waals surface area contributed by atoms with Crippen molar-refractivity contribution in [3.05, 3.63) is 44.6 Å². The second-order valence-electron chi connectivity index (χ2n) is 3.93. The van der Waals surface area contributed by atoms with Crippen LogP contribution in [0, 0.1) is 15.9 Å². The van der Waals surface area contributed by atoms with Crippen molar-refractivity contribution in [1.82, 2.24) is 4.72 Å². The van der Waals surface area contributed by atoms with Crippen LogP contribution in [0.4, 0.5) is 10.1 Å². The number of sulfonamides is 1. The highest BCUT2D eigenvalue weighted by Crippen LogP contribution is 2.20. The van der Waals surface area contributed by atoms with Crippen molar-refractivity contribution in [2.45, 2.75) is 17.7 Å². The summed E-state index contributed by atoms with van der Waals surface area (Å²) in [6.07, 6.45) is 0.939. The average molecular weight is 317 g/mol. The Balaban J connectivity index is 2.68. The summed E-state index contributed by atoms with van der Waals surface area (Å²) in [6.45, 7) is 0.340. The van der Waals surface area contributed by atoms with E-state index in [0.717, 1.165) is 12.1 Å². The summed E-state index contributed by atoms with van der Waals surface area (Å²) >= 11 is 0. The van der Waals surface area contributed by atoms with E-state index in [-0.39, 0.29) is 18.0 Å². The number of azide groups is 1. The van der Waals surface area contributed by atoms with Crippen molar-refractivity contribution >= 4 is 15.7 Å². The van der Waals surface area contributed by atoms with E-state index in [2.05, 4.69) is 14.7 Å². The van der Waals surface area contributed by atoms with Crippen LogP contribution in [0.1, 0.15) is 12.8 Å². The molecule has 11 heteroatoms.